The predicted molar refractivity (Wildman–Crippen MR) is 115 cm³/mol. The first-order valence-corrected chi connectivity index (χ1v) is 9.59. The summed E-state index contributed by atoms with van der Waals surface area (Å²) in [4.78, 5) is 36.7. The van der Waals surface area contributed by atoms with Gasteiger partial charge in [-0.3, -0.25) is 9.59 Å². The second kappa shape index (κ2) is 12.0. The van der Waals surface area contributed by atoms with Crippen molar-refractivity contribution in [1.29, 1.82) is 0 Å². The van der Waals surface area contributed by atoms with Crippen LogP contribution in [-0.2, 0) is 25.7 Å². The molecule has 2 aromatic rings. The Morgan fingerprint density at radius 3 is 2.42 bits per heavy atom. The van der Waals surface area contributed by atoms with Crippen LogP contribution in [0, 0.1) is 0 Å². The van der Waals surface area contributed by atoms with Gasteiger partial charge in [0.2, 0.25) is 5.91 Å². The lowest BCUT2D eigenvalue weighted by molar-refractivity contribution is -0.135. The van der Waals surface area contributed by atoms with Crippen LogP contribution in [0.2, 0.25) is 0 Å². The molecule has 31 heavy (non-hydrogen) atoms. The van der Waals surface area contributed by atoms with Crippen LogP contribution in [0.5, 0.6) is 11.5 Å². The molecule has 0 saturated heterocycles. The van der Waals surface area contributed by atoms with Crippen molar-refractivity contribution in [1.82, 2.24) is 4.90 Å². The van der Waals surface area contributed by atoms with E-state index in [1.807, 2.05) is 30.3 Å². The number of amides is 2. The average molecular weight is 426 g/mol. The first-order valence-electron chi connectivity index (χ1n) is 9.59. The number of hydrogen-bond donors (Lipinski definition) is 1. The zero-order chi connectivity index (χ0) is 22.6. The van der Waals surface area contributed by atoms with Crippen LogP contribution >= 0.6 is 0 Å². The summed E-state index contributed by atoms with van der Waals surface area (Å²) in [5.41, 5.74) is 6.88. The number of nitrogens with two attached hydrogens (primary N) is 1. The largest absolute Gasteiger partial charge is 0.493 e. The molecular weight excluding hydrogens is 400 g/mol. The molecule has 0 atom stereocenters. The lowest BCUT2D eigenvalue weighted by Crippen LogP contribution is -2.36. The van der Waals surface area contributed by atoms with Gasteiger partial charge in [-0.2, -0.15) is 0 Å². The highest BCUT2D eigenvalue weighted by Gasteiger charge is 2.17. The molecule has 2 N–H and O–H groups in total. The Morgan fingerprint density at radius 2 is 1.77 bits per heavy atom. The Kier molecular flexibility index (Phi) is 9.10. The van der Waals surface area contributed by atoms with Crippen LogP contribution < -0.4 is 15.2 Å². The van der Waals surface area contributed by atoms with E-state index in [4.69, 9.17) is 15.2 Å². The van der Waals surface area contributed by atoms with Crippen molar-refractivity contribution in [2.45, 2.75) is 13.0 Å². The maximum absolute atomic E-state index is 12.8. The summed E-state index contributed by atoms with van der Waals surface area (Å²) in [6, 6.07) is 14.5. The predicted octanol–water partition coefficient (Wildman–Crippen LogP) is 2.16. The minimum Gasteiger partial charge on any atom is -0.493 e. The molecule has 0 saturated carbocycles. The molecule has 0 aliphatic heterocycles. The number of carbonyl (C=O) groups is 3. The van der Waals surface area contributed by atoms with E-state index in [1.165, 1.54) is 25.2 Å². The highest BCUT2D eigenvalue weighted by atomic mass is 16.5. The molecule has 0 fully saturated rings. The van der Waals surface area contributed by atoms with Crippen LogP contribution in [-0.4, -0.2) is 50.1 Å². The molecule has 0 bridgehead atoms. The number of primary amides is 1. The molecule has 0 radical (unpaired) electrons. The van der Waals surface area contributed by atoms with Gasteiger partial charge in [-0.1, -0.05) is 36.4 Å². The van der Waals surface area contributed by atoms with Crippen LogP contribution in [0.15, 0.2) is 54.6 Å². The number of carbonyl (C=O) groups excluding carboxylic acids is 3. The van der Waals surface area contributed by atoms with Crippen molar-refractivity contribution < 1.29 is 28.6 Å². The van der Waals surface area contributed by atoms with Crippen molar-refractivity contribution in [3.8, 4) is 11.5 Å². The van der Waals surface area contributed by atoms with Crippen molar-refractivity contribution >= 4 is 23.9 Å². The lowest BCUT2D eigenvalue weighted by Gasteiger charge is -2.23. The minimum atomic E-state index is -0.482. The maximum Gasteiger partial charge on any atom is 0.330 e. The number of hydrogen-bond acceptors (Lipinski definition) is 6. The molecular formula is C23H26N2O6. The van der Waals surface area contributed by atoms with Gasteiger partial charge in [0.05, 0.1) is 14.2 Å². The van der Waals surface area contributed by atoms with Gasteiger partial charge in [-0.05, 0) is 29.3 Å². The number of nitrogens with zero attached hydrogens (tertiary/aromatic N) is 1. The Balaban J connectivity index is 2.07. The third-order valence-corrected chi connectivity index (χ3v) is 4.35. The van der Waals surface area contributed by atoms with Crippen LogP contribution in [0.3, 0.4) is 0 Å². The van der Waals surface area contributed by atoms with Gasteiger partial charge in [0, 0.05) is 25.6 Å². The first-order chi connectivity index (χ1) is 14.9. The highest BCUT2D eigenvalue weighted by Crippen LogP contribution is 2.28. The summed E-state index contributed by atoms with van der Waals surface area (Å²) in [6.07, 6.45) is 2.93. The summed E-state index contributed by atoms with van der Waals surface area (Å²) in [5, 5.41) is 0. The van der Waals surface area contributed by atoms with Gasteiger partial charge in [0.15, 0.2) is 18.1 Å². The Hall–Kier alpha value is -3.81. The van der Waals surface area contributed by atoms with E-state index in [9.17, 15) is 14.4 Å². The van der Waals surface area contributed by atoms with Gasteiger partial charge in [0.1, 0.15) is 0 Å². The lowest BCUT2D eigenvalue weighted by atomic mass is 10.2. The Labute approximate surface area is 181 Å². The smallest absolute Gasteiger partial charge is 0.330 e. The topological polar surface area (TPSA) is 108 Å². The van der Waals surface area contributed by atoms with E-state index in [0.29, 0.717) is 23.6 Å². The summed E-state index contributed by atoms with van der Waals surface area (Å²) < 4.78 is 15.6. The summed E-state index contributed by atoms with van der Waals surface area (Å²) in [5.74, 6) is -0.461. The number of benzene rings is 2. The molecule has 8 nitrogen and oxygen atoms in total. The van der Waals surface area contributed by atoms with Gasteiger partial charge < -0.3 is 24.8 Å². The van der Waals surface area contributed by atoms with Crippen molar-refractivity contribution in [3.05, 3.63) is 65.7 Å². The molecule has 2 amide bonds. The van der Waals surface area contributed by atoms with E-state index in [1.54, 1.807) is 24.3 Å². The van der Waals surface area contributed by atoms with Gasteiger partial charge in [0.25, 0.3) is 5.91 Å². The fourth-order valence-electron chi connectivity index (χ4n) is 2.71. The summed E-state index contributed by atoms with van der Waals surface area (Å²) in [7, 11) is 2.78. The van der Waals surface area contributed by atoms with E-state index >= 15 is 0 Å². The molecule has 164 valence electrons. The van der Waals surface area contributed by atoms with Gasteiger partial charge >= 0.3 is 5.97 Å². The molecule has 0 heterocycles. The average Bonchev–Trinajstić information content (AvgIpc) is 2.79. The molecule has 8 heteroatoms. The number of ether oxygens (including phenoxy) is 3. The maximum atomic E-state index is 12.8. The fourth-order valence-corrected chi connectivity index (χ4v) is 2.71. The van der Waals surface area contributed by atoms with Crippen LogP contribution in [0.1, 0.15) is 17.5 Å². The Morgan fingerprint density at radius 1 is 1.03 bits per heavy atom. The minimum absolute atomic E-state index is 0.0587. The van der Waals surface area contributed by atoms with E-state index < -0.39 is 11.9 Å². The standard InChI is InChI=1S/C23H26N2O6/c1-29-20-14-17(9-11-23(28)30-2)8-10-19(20)31-16-22(27)25(13-12-21(24)26)15-18-6-4-3-5-7-18/h3-11,14H,12-13,15-16H2,1-2H3,(H2,24,26)/b11-9+. The number of methoxy groups -OCH3 is 2. The molecule has 0 unspecified atom stereocenters. The second-order valence-electron chi connectivity index (χ2n) is 6.57. The third kappa shape index (κ3) is 7.85. The molecule has 2 rings (SSSR count). The normalized spacial score (nSPS) is 10.5. The monoisotopic (exact) mass is 426 g/mol. The van der Waals surface area contributed by atoms with Crippen molar-refractivity contribution in [2.24, 2.45) is 5.73 Å². The van der Waals surface area contributed by atoms with E-state index in [-0.39, 0.29) is 25.5 Å². The first kappa shape index (κ1) is 23.5. The van der Waals surface area contributed by atoms with E-state index in [0.717, 1.165) is 5.56 Å². The second-order valence-corrected chi connectivity index (χ2v) is 6.57. The van der Waals surface area contributed by atoms with E-state index in [2.05, 4.69) is 4.74 Å². The number of rotatable bonds is 11. The zero-order valence-corrected chi connectivity index (χ0v) is 17.6. The third-order valence-electron chi connectivity index (χ3n) is 4.35. The fraction of sp³-hybridized carbons (Fsp3) is 0.261. The zero-order valence-electron chi connectivity index (χ0n) is 17.6. The number of esters is 1. The van der Waals surface area contributed by atoms with Crippen LogP contribution in [0.25, 0.3) is 6.08 Å². The van der Waals surface area contributed by atoms with Gasteiger partial charge in [-0.15, -0.1) is 0 Å². The molecule has 0 aliphatic carbocycles. The quantitative estimate of drug-likeness (QED) is 0.436. The van der Waals surface area contributed by atoms with Crippen molar-refractivity contribution in [2.75, 3.05) is 27.4 Å². The summed E-state index contributed by atoms with van der Waals surface area (Å²) in [6.45, 7) is 0.296. The van der Waals surface area contributed by atoms with Gasteiger partial charge in [-0.25, -0.2) is 4.79 Å². The SMILES string of the molecule is COC(=O)/C=C/c1ccc(OCC(=O)N(CCC(N)=O)Cc2ccccc2)c(OC)c1. The molecule has 2 aromatic carbocycles. The molecule has 0 aliphatic rings. The Bertz CT molecular complexity index is 927. The molecule has 0 aromatic heterocycles. The van der Waals surface area contributed by atoms with Crippen molar-refractivity contribution in [3.63, 3.8) is 0 Å². The van der Waals surface area contributed by atoms with Crippen LogP contribution in [0.4, 0.5) is 0 Å². The molecule has 0 spiro atoms. The highest BCUT2D eigenvalue weighted by molar-refractivity contribution is 5.87. The summed E-state index contributed by atoms with van der Waals surface area (Å²) >= 11 is 0.